The molecule has 0 spiro atoms. The SMILES string of the molecule is O=C(NCCC1CCNC1)c1cc(-c2ccc(Cl)cc2)n[nH]1. The first kappa shape index (κ1) is 15.1. The van der Waals surface area contributed by atoms with E-state index in [4.69, 9.17) is 11.6 Å². The maximum atomic E-state index is 12.1. The van der Waals surface area contributed by atoms with Gasteiger partial charge in [0.2, 0.25) is 0 Å². The first-order valence-electron chi connectivity index (χ1n) is 7.52. The van der Waals surface area contributed by atoms with Gasteiger partial charge in [0, 0.05) is 17.1 Å². The summed E-state index contributed by atoms with van der Waals surface area (Å²) in [6.45, 7) is 2.84. The molecule has 1 aromatic carbocycles. The lowest BCUT2D eigenvalue weighted by Gasteiger charge is -2.08. The zero-order valence-corrected chi connectivity index (χ0v) is 13.0. The molecule has 1 aliphatic heterocycles. The van der Waals surface area contributed by atoms with Crippen LogP contribution in [0.3, 0.4) is 0 Å². The van der Waals surface area contributed by atoms with E-state index in [1.807, 2.05) is 12.1 Å². The number of hydrogen-bond donors (Lipinski definition) is 3. The van der Waals surface area contributed by atoms with Crippen LogP contribution in [0.25, 0.3) is 11.3 Å². The topological polar surface area (TPSA) is 69.8 Å². The number of nitrogens with one attached hydrogen (secondary N) is 3. The predicted octanol–water partition coefficient (Wildman–Crippen LogP) is 2.46. The molecule has 0 aliphatic carbocycles. The number of amides is 1. The maximum absolute atomic E-state index is 12.1. The average Bonchev–Trinajstić information content (AvgIpc) is 3.19. The van der Waals surface area contributed by atoms with Crippen molar-refractivity contribution in [3.05, 3.63) is 41.0 Å². The molecule has 2 heterocycles. The van der Waals surface area contributed by atoms with Gasteiger partial charge in [0.25, 0.3) is 5.91 Å². The second-order valence-corrected chi connectivity index (χ2v) is 6.01. The second-order valence-electron chi connectivity index (χ2n) is 5.58. The molecular formula is C16H19ClN4O. The van der Waals surface area contributed by atoms with E-state index in [9.17, 15) is 4.79 Å². The molecule has 1 aromatic heterocycles. The molecule has 6 heteroatoms. The van der Waals surface area contributed by atoms with Crippen molar-refractivity contribution in [2.75, 3.05) is 19.6 Å². The Kier molecular flexibility index (Phi) is 4.75. The van der Waals surface area contributed by atoms with Gasteiger partial charge in [0.15, 0.2) is 0 Å². The number of benzene rings is 1. The molecule has 0 bridgehead atoms. The Morgan fingerprint density at radius 3 is 2.91 bits per heavy atom. The van der Waals surface area contributed by atoms with Gasteiger partial charge in [-0.3, -0.25) is 9.89 Å². The molecule has 0 saturated carbocycles. The van der Waals surface area contributed by atoms with Crippen molar-refractivity contribution < 1.29 is 4.79 Å². The number of nitrogens with zero attached hydrogens (tertiary/aromatic N) is 1. The van der Waals surface area contributed by atoms with Crippen molar-refractivity contribution in [3.63, 3.8) is 0 Å². The predicted molar refractivity (Wildman–Crippen MR) is 87.0 cm³/mol. The lowest BCUT2D eigenvalue weighted by atomic mass is 10.1. The Morgan fingerprint density at radius 2 is 2.18 bits per heavy atom. The number of halogens is 1. The third kappa shape index (κ3) is 3.67. The van der Waals surface area contributed by atoms with Gasteiger partial charge in [-0.1, -0.05) is 23.7 Å². The van der Waals surface area contributed by atoms with E-state index in [1.54, 1.807) is 18.2 Å². The zero-order valence-electron chi connectivity index (χ0n) is 12.2. The Bertz CT molecular complexity index is 632. The first-order chi connectivity index (χ1) is 10.7. The summed E-state index contributed by atoms with van der Waals surface area (Å²) in [6.07, 6.45) is 2.21. The lowest BCUT2D eigenvalue weighted by Crippen LogP contribution is -2.26. The van der Waals surface area contributed by atoms with Crippen molar-refractivity contribution in [3.8, 4) is 11.3 Å². The Hall–Kier alpha value is -1.85. The van der Waals surface area contributed by atoms with Crippen LogP contribution in [0.1, 0.15) is 23.3 Å². The highest BCUT2D eigenvalue weighted by Crippen LogP contribution is 2.20. The molecule has 3 N–H and O–H groups in total. The van der Waals surface area contributed by atoms with Crippen LogP contribution >= 0.6 is 11.6 Å². The smallest absolute Gasteiger partial charge is 0.269 e. The fourth-order valence-electron chi connectivity index (χ4n) is 2.65. The van der Waals surface area contributed by atoms with E-state index in [0.29, 0.717) is 23.2 Å². The van der Waals surface area contributed by atoms with E-state index in [1.165, 1.54) is 6.42 Å². The Labute approximate surface area is 134 Å². The minimum Gasteiger partial charge on any atom is -0.351 e. The van der Waals surface area contributed by atoms with Crippen LogP contribution in [0.15, 0.2) is 30.3 Å². The van der Waals surface area contributed by atoms with E-state index in [0.717, 1.165) is 30.8 Å². The summed E-state index contributed by atoms with van der Waals surface area (Å²) in [4.78, 5) is 12.1. The molecule has 3 rings (SSSR count). The molecule has 1 unspecified atom stereocenters. The molecule has 116 valence electrons. The summed E-state index contributed by atoms with van der Waals surface area (Å²) in [5.41, 5.74) is 2.15. The van der Waals surface area contributed by atoms with Gasteiger partial charge in [-0.15, -0.1) is 0 Å². The fourth-order valence-corrected chi connectivity index (χ4v) is 2.78. The molecule has 0 radical (unpaired) electrons. The number of hydrogen-bond acceptors (Lipinski definition) is 3. The molecule has 1 atom stereocenters. The summed E-state index contributed by atoms with van der Waals surface area (Å²) >= 11 is 5.87. The minimum atomic E-state index is -0.112. The molecular weight excluding hydrogens is 300 g/mol. The Balaban J connectivity index is 1.55. The largest absolute Gasteiger partial charge is 0.351 e. The maximum Gasteiger partial charge on any atom is 0.269 e. The van der Waals surface area contributed by atoms with Crippen LogP contribution in [0.4, 0.5) is 0 Å². The van der Waals surface area contributed by atoms with Crippen LogP contribution in [0.5, 0.6) is 0 Å². The monoisotopic (exact) mass is 318 g/mol. The summed E-state index contributed by atoms with van der Waals surface area (Å²) in [7, 11) is 0. The normalized spacial score (nSPS) is 17.6. The molecule has 1 saturated heterocycles. The second kappa shape index (κ2) is 6.94. The van der Waals surface area contributed by atoms with Crippen LogP contribution in [-0.4, -0.2) is 35.7 Å². The zero-order chi connectivity index (χ0) is 15.4. The quantitative estimate of drug-likeness (QED) is 0.793. The minimum absolute atomic E-state index is 0.112. The van der Waals surface area contributed by atoms with Gasteiger partial charge < -0.3 is 10.6 Å². The van der Waals surface area contributed by atoms with Gasteiger partial charge in [-0.25, -0.2) is 0 Å². The lowest BCUT2D eigenvalue weighted by molar-refractivity contribution is 0.0946. The summed E-state index contributed by atoms with van der Waals surface area (Å²) in [6, 6.07) is 9.14. The number of H-pyrrole nitrogens is 1. The molecule has 1 amide bonds. The Morgan fingerprint density at radius 1 is 1.36 bits per heavy atom. The van der Waals surface area contributed by atoms with Gasteiger partial charge in [-0.05, 0) is 50.0 Å². The molecule has 22 heavy (non-hydrogen) atoms. The van der Waals surface area contributed by atoms with Crippen LogP contribution in [-0.2, 0) is 0 Å². The fraction of sp³-hybridized carbons (Fsp3) is 0.375. The number of carbonyl (C=O) groups excluding carboxylic acids is 1. The molecule has 1 fully saturated rings. The highest BCUT2D eigenvalue weighted by atomic mass is 35.5. The summed E-state index contributed by atoms with van der Waals surface area (Å²) < 4.78 is 0. The van der Waals surface area contributed by atoms with E-state index in [2.05, 4.69) is 20.8 Å². The number of aromatic amines is 1. The number of aromatic nitrogens is 2. The van der Waals surface area contributed by atoms with Crippen molar-refractivity contribution in [1.29, 1.82) is 0 Å². The molecule has 1 aliphatic rings. The standard InChI is InChI=1S/C16H19ClN4O/c17-13-3-1-12(2-4-13)14-9-15(21-20-14)16(22)19-8-6-11-5-7-18-10-11/h1-4,9,11,18H,5-8,10H2,(H,19,22)(H,20,21). The van der Waals surface area contributed by atoms with Gasteiger partial charge >= 0.3 is 0 Å². The van der Waals surface area contributed by atoms with Crippen LogP contribution in [0, 0.1) is 5.92 Å². The average molecular weight is 319 g/mol. The molecule has 5 nitrogen and oxygen atoms in total. The molecule has 2 aromatic rings. The number of rotatable bonds is 5. The van der Waals surface area contributed by atoms with Crippen LogP contribution in [0.2, 0.25) is 5.02 Å². The van der Waals surface area contributed by atoms with E-state index < -0.39 is 0 Å². The van der Waals surface area contributed by atoms with Crippen molar-refractivity contribution in [2.45, 2.75) is 12.8 Å². The summed E-state index contributed by atoms with van der Waals surface area (Å²) in [5, 5.41) is 13.9. The third-order valence-corrected chi connectivity index (χ3v) is 4.21. The highest BCUT2D eigenvalue weighted by molar-refractivity contribution is 6.30. The van der Waals surface area contributed by atoms with Crippen LogP contribution < -0.4 is 10.6 Å². The van der Waals surface area contributed by atoms with Crippen molar-refractivity contribution in [2.24, 2.45) is 5.92 Å². The van der Waals surface area contributed by atoms with Gasteiger partial charge in [0.1, 0.15) is 5.69 Å². The van der Waals surface area contributed by atoms with E-state index in [-0.39, 0.29) is 5.91 Å². The van der Waals surface area contributed by atoms with Crippen molar-refractivity contribution in [1.82, 2.24) is 20.8 Å². The number of carbonyl (C=O) groups is 1. The summed E-state index contributed by atoms with van der Waals surface area (Å²) in [5.74, 6) is 0.561. The van der Waals surface area contributed by atoms with E-state index >= 15 is 0 Å². The third-order valence-electron chi connectivity index (χ3n) is 3.96. The van der Waals surface area contributed by atoms with Gasteiger partial charge in [-0.2, -0.15) is 5.10 Å². The first-order valence-corrected chi connectivity index (χ1v) is 7.90. The highest BCUT2D eigenvalue weighted by Gasteiger charge is 2.15. The van der Waals surface area contributed by atoms with Crippen molar-refractivity contribution >= 4 is 17.5 Å². The van der Waals surface area contributed by atoms with Gasteiger partial charge in [0.05, 0.1) is 5.69 Å².